The van der Waals surface area contributed by atoms with Gasteiger partial charge in [0.1, 0.15) is 5.57 Å². The number of ether oxygens (including phenoxy) is 1. The van der Waals surface area contributed by atoms with Gasteiger partial charge in [0.2, 0.25) is 0 Å². The van der Waals surface area contributed by atoms with Gasteiger partial charge in [0.05, 0.1) is 12.9 Å². The van der Waals surface area contributed by atoms with E-state index in [4.69, 9.17) is 16.3 Å². The molecule has 19 heavy (non-hydrogen) atoms. The molecular formula is C14H16ClNO3. The molecule has 102 valence electrons. The lowest BCUT2D eigenvalue weighted by Gasteiger charge is -2.08. The van der Waals surface area contributed by atoms with Crippen molar-refractivity contribution in [3.8, 4) is 0 Å². The number of hydrogen-bond donors (Lipinski definition) is 1. The van der Waals surface area contributed by atoms with Gasteiger partial charge in [-0.25, -0.2) is 0 Å². The Balaban J connectivity index is 2.87. The van der Waals surface area contributed by atoms with Gasteiger partial charge in [-0.05, 0) is 38.5 Å². The SMILES string of the molecule is CCOC=C(C(C)=O)C(=O)Nc1ccc(C)c(Cl)c1. The summed E-state index contributed by atoms with van der Waals surface area (Å²) in [5, 5.41) is 3.16. The maximum absolute atomic E-state index is 11.9. The van der Waals surface area contributed by atoms with Crippen LogP contribution in [0.15, 0.2) is 30.0 Å². The van der Waals surface area contributed by atoms with E-state index in [0.717, 1.165) is 5.56 Å². The van der Waals surface area contributed by atoms with Gasteiger partial charge in [-0.15, -0.1) is 0 Å². The van der Waals surface area contributed by atoms with Crippen molar-refractivity contribution in [2.24, 2.45) is 0 Å². The Morgan fingerprint density at radius 1 is 1.42 bits per heavy atom. The van der Waals surface area contributed by atoms with Gasteiger partial charge in [-0.3, -0.25) is 9.59 Å². The van der Waals surface area contributed by atoms with Crippen LogP contribution in [-0.4, -0.2) is 18.3 Å². The Hall–Kier alpha value is -1.81. The predicted octanol–water partition coefficient (Wildman–Crippen LogP) is 3.10. The fourth-order valence-corrected chi connectivity index (χ4v) is 1.51. The van der Waals surface area contributed by atoms with E-state index in [-0.39, 0.29) is 11.4 Å². The average Bonchev–Trinajstić information content (AvgIpc) is 2.34. The average molecular weight is 282 g/mol. The minimum atomic E-state index is -0.513. The van der Waals surface area contributed by atoms with Crippen LogP contribution in [0.5, 0.6) is 0 Å². The van der Waals surface area contributed by atoms with Crippen LogP contribution in [0.25, 0.3) is 0 Å². The number of aryl methyl sites for hydroxylation is 1. The summed E-state index contributed by atoms with van der Waals surface area (Å²) in [7, 11) is 0. The van der Waals surface area contributed by atoms with E-state index in [1.54, 1.807) is 25.1 Å². The molecule has 0 heterocycles. The van der Waals surface area contributed by atoms with Crippen molar-refractivity contribution < 1.29 is 14.3 Å². The van der Waals surface area contributed by atoms with Crippen molar-refractivity contribution in [3.05, 3.63) is 40.6 Å². The van der Waals surface area contributed by atoms with Crippen LogP contribution in [0.4, 0.5) is 5.69 Å². The number of carbonyl (C=O) groups excluding carboxylic acids is 2. The third-order valence-electron chi connectivity index (χ3n) is 2.42. The van der Waals surface area contributed by atoms with E-state index >= 15 is 0 Å². The highest BCUT2D eigenvalue weighted by molar-refractivity contribution is 6.31. The quantitative estimate of drug-likeness (QED) is 0.390. The molecule has 0 saturated heterocycles. The molecule has 5 heteroatoms. The fourth-order valence-electron chi connectivity index (χ4n) is 1.33. The standard InChI is InChI=1S/C14H16ClNO3/c1-4-19-8-12(10(3)17)14(18)16-11-6-5-9(2)13(15)7-11/h5-8H,4H2,1-3H3,(H,16,18). The Morgan fingerprint density at radius 3 is 2.63 bits per heavy atom. The largest absolute Gasteiger partial charge is 0.501 e. The minimum Gasteiger partial charge on any atom is -0.501 e. The van der Waals surface area contributed by atoms with Crippen LogP contribution in [0, 0.1) is 6.92 Å². The third kappa shape index (κ3) is 4.41. The van der Waals surface area contributed by atoms with Crippen LogP contribution >= 0.6 is 11.6 Å². The highest BCUT2D eigenvalue weighted by Gasteiger charge is 2.15. The molecule has 0 spiro atoms. The second-order valence-corrected chi connectivity index (χ2v) is 4.37. The predicted molar refractivity (Wildman–Crippen MR) is 75.2 cm³/mol. The van der Waals surface area contributed by atoms with Crippen molar-refractivity contribution in [1.29, 1.82) is 0 Å². The van der Waals surface area contributed by atoms with E-state index in [0.29, 0.717) is 17.3 Å². The molecule has 1 amide bonds. The van der Waals surface area contributed by atoms with Gasteiger partial charge in [-0.2, -0.15) is 0 Å². The van der Waals surface area contributed by atoms with E-state index in [2.05, 4.69) is 5.32 Å². The highest BCUT2D eigenvalue weighted by atomic mass is 35.5. The van der Waals surface area contributed by atoms with Crippen molar-refractivity contribution >= 4 is 29.0 Å². The summed E-state index contributed by atoms with van der Waals surface area (Å²) < 4.78 is 4.99. The molecule has 0 unspecified atom stereocenters. The normalized spacial score (nSPS) is 11.1. The summed E-state index contributed by atoms with van der Waals surface area (Å²) in [6, 6.07) is 5.14. The molecule has 0 atom stereocenters. The van der Waals surface area contributed by atoms with E-state index in [1.807, 2.05) is 6.92 Å². The Labute approximate surface area is 117 Å². The molecule has 1 aromatic rings. The van der Waals surface area contributed by atoms with Crippen LogP contribution in [0.2, 0.25) is 5.02 Å². The number of amides is 1. The monoisotopic (exact) mass is 281 g/mol. The highest BCUT2D eigenvalue weighted by Crippen LogP contribution is 2.20. The molecule has 1 N–H and O–H groups in total. The van der Waals surface area contributed by atoms with Crippen molar-refractivity contribution in [2.45, 2.75) is 20.8 Å². The molecule has 0 radical (unpaired) electrons. The Morgan fingerprint density at radius 2 is 2.11 bits per heavy atom. The number of carbonyl (C=O) groups is 2. The van der Waals surface area contributed by atoms with Gasteiger partial charge < -0.3 is 10.1 Å². The second kappa shape index (κ2) is 6.95. The van der Waals surface area contributed by atoms with Gasteiger partial charge in [0.15, 0.2) is 5.78 Å². The second-order valence-electron chi connectivity index (χ2n) is 3.96. The lowest BCUT2D eigenvalue weighted by Crippen LogP contribution is -2.19. The molecule has 4 nitrogen and oxygen atoms in total. The lowest BCUT2D eigenvalue weighted by atomic mass is 10.2. The third-order valence-corrected chi connectivity index (χ3v) is 2.83. The maximum atomic E-state index is 11.9. The maximum Gasteiger partial charge on any atom is 0.262 e. The first-order valence-corrected chi connectivity index (χ1v) is 6.23. The molecule has 0 aliphatic heterocycles. The van der Waals surface area contributed by atoms with Crippen LogP contribution in [0.1, 0.15) is 19.4 Å². The van der Waals surface area contributed by atoms with E-state index in [1.165, 1.54) is 13.2 Å². The summed E-state index contributed by atoms with van der Waals surface area (Å²) >= 11 is 5.97. The number of anilines is 1. The zero-order chi connectivity index (χ0) is 14.4. The molecule has 0 aromatic heterocycles. The van der Waals surface area contributed by atoms with E-state index in [9.17, 15) is 9.59 Å². The summed E-state index contributed by atoms with van der Waals surface area (Å²) in [5.41, 5.74) is 1.42. The molecule has 1 aromatic carbocycles. The van der Waals surface area contributed by atoms with Crippen LogP contribution in [0.3, 0.4) is 0 Å². The molecule has 0 aliphatic rings. The molecule has 0 saturated carbocycles. The summed E-state index contributed by atoms with van der Waals surface area (Å²) in [6.45, 7) is 5.34. The summed E-state index contributed by atoms with van der Waals surface area (Å²) in [5.74, 6) is -0.870. The Kier molecular flexibility index (Phi) is 5.57. The van der Waals surface area contributed by atoms with E-state index < -0.39 is 5.91 Å². The van der Waals surface area contributed by atoms with Crippen molar-refractivity contribution in [2.75, 3.05) is 11.9 Å². The molecular weight excluding hydrogens is 266 g/mol. The number of nitrogens with one attached hydrogen (secondary N) is 1. The van der Waals surface area contributed by atoms with Gasteiger partial charge in [-0.1, -0.05) is 17.7 Å². The number of halogens is 1. The number of Topliss-reactive ketones (excluding diaryl/α,β-unsaturated/α-hetero) is 1. The molecule has 0 bridgehead atoms. The Bertz CT molecular complexity index is 523. The van der Waals surface area contributed by atoms with Gasteiger partial charge in [0, 0.05) is 10.7 Å². The first kappa shape index (κ1) is 15.2. The minimum absolute atomic E-state index is 0.0291. The zero-order valence-electron chi connectivity index (χ0n) is 11.1. The fraction of sp³-hybridized carbons (Fsp3) is 0.286. The topological polar surface area (TPSA) is 55.4 Å². The van der Waals surface area contributed by atoms with Crippen molar-refractivity contribution in [1.82, 2.24) is 0 Å². The lowest BCUT2D eigenvalue weighted by molar-refractivity contribution is -0.119. The number of benzene rings is 1. The van der Waals surface area contributed by atoms with Crippen LogP contribution in [-0.2, 0) is 14.3 Å². The van der Waals surface area contributed by atoms with Crippen LogP contribution < -0.4 is 5.32 Å². The summed E-state index contributed by atoms with van der Waals surface area (Å²) in [4.78, 5) is 23.3. The van der Waals surface area contributed by atoms with Gasteiger partial charge in [0.25, 0.3) is 5.91 Å². The number of ketones is 1. The first-order valence-electron chi connectivity index (χ1n) is 5.86. The van der Waals surface area contributed by atoms with Gasteiger partial charge >= 0.3 is 0 Å². The molecule has 1 rings (SSSR count). The number of rotatable bonds is 5. The molecule has 0 fully saturated rings. The molecule has 0 aliphatic carbocycles. The first-order chi connectivity index (χ1) is 8.95. The zero-order valence-corrected chi connectivity index (χ0v) is 11.9. The smallest absolute Gasteiger partial charge is 0.262 e. The number of hydrogen-bond acceptors (Lipinski definition) is 3. The summed E-state index contributed by atoms with van der Waals surface area (Å²) in [6.07, 6.45) is 1.17. The van der Waals surface area contributed by atoms with Crippen molar-refractivity contribution in [3.63, 3.8) is 0 Å².